The molecule has 2 N–H and O–H groups in total. The Balaban J connectivity index is 1.63. The van der Waals surface area contributed by atoms with Gasteiger partial charge in [0.2, 0.25) is 0 Å². The van der Waals surface area contributed by atoms with Crippen LogP contribution in [-0.2, 0) is 4.79 Å². The van der Waals surface area contributed by atoms with Crippen LogP contribution in [0.15, 0.2) is 60.7 Å². The summed E-state index contributed by atoms with van der Waals surface area (Å²) in [7, 11) is 0. The Hall–Kier alpha value is -2.79. The van der Waals surface area contributed by atoms with Crippen LogP contribution in [0.25, 0.3) is 11.3 Å². The maximum absolute atomic E-state index is 12.2. The molecule has 3 rings (SSSR count). The largest absolute Gasteiger partial charge is 0.481 e. The van der Waals surface area contributed by atoms with Gasteiger partial charge in [0.25, 0.3) is 5.91 Å². The molecule has 2 aromatic carbocycles. The second-order valence-electron chi connectivity index (χ2n) is 5.24. The SMILES string of the molecule is C[C@@H](Oc1cccc(Cl)c1)C(=O)Nc1cc(-c2ccccc2)[nH]n1. The Morgan fingerprint density at radius 3 is 2.71 bits per heavy atom. The van der Waals surface area contributed by atoms with Crippen LogP contribution in [0.1, 0.15) is 6.92 Å². The van der Waals surface area contributed by atoms with Crippen molar-refractivity contribution in [2.75, 3.05) is 5.32 Å². The van der Waals surface area contributed by atoms with Crippen molar-refractivity contribution >= 4 is 23.3 Å². The molecule has 0 fully saturated rings. The van der Waals surface area contributed by atoms with Crippen molar-refractivity contribution in [3.63, 3.8) is 0 Å². The smallest absolute Gasteiger partial charge is 0.266 e. The number of nitrogens with one attached hydrogen (secondary N) is 2. The standard InChI is InChI=1S/C18H16ClN3O2/c1-12(24-15-9-5-8-14(19)10-15)18(23)20-17-11-16(21-22-17)13-6-3-2-4-7-13/h2-12H,1H3,(H2,20,21,22,23)/t12-/m1/s1. The molecule has 1 atom stereocenters. The average molecular weight is 342 g/mol. The zero-order valence-corrected chi connectivity index (χ0v) is 13.7. The number of hydrogen-bond acceptors (Lipinski definition) is 3. The van der Waals surface area contributed by atoms with Crippen molar-refractivity contribution in [1.29, 1.82) is 0 Å². The number of carbonyl (C=O) groups is 1. The Bertz CT molecular complexity index is 833. The van der Waals surface area contributed by atoms with Gasteiger partial charge in [-0.1, -0.05) is 48.0 Å². The molecule has 1 amide bonds. The normalized spacial score (nSPS) is 11.8. The lowest BCUT2D eigenvalue weighted by Gasteiger charge is -2.13. The van der Waals surface area contributed by atoms with Gasteiger partial charge in [-0.15, -0.1) is 0 Å². The number of aromatic nitrogens is 2. The molecule has 6 heteroatoms. The third-order valence-electron chi connectivity index (χ3n) is 3.39. The van der Waals surface area contributed by atoms with Crippen LogP contribution in [0.5, 0.6) is 5.75 Å². The van der Waals surface area contributed by atoms with E-state index in [-0.39, 0.29) is 5.91 Å². The summed E-state index contributed by atoms with van der Waals surface area (Å²) in [5, 5.41) is 10.3. The van der Waals surface area contributed by atoms with Crippen LogP contribution in [-0.4, -0.2) is 22.2 Å². The molecule has 0 saturated heterocycles. The van der Waals surface area contributed by atoms with Crippen molar-refractivity contribution < 1.29 is 9.53 Å². The fraction of sp³-hybridized carbons (Fsp3) is 0.111. The fourth-order valence-corrected chi connectivity index (χ4v) is 2.36. The number of benzene rings is 2. The maximum Gasteiger partial charge on any atom is 0.266 e. The number of nitrogens with zero attached hydrogens (tertiary/aromatic N) is 1. The van der Waals surface area contributed by atoms with E-state index in [1.807, 2.05) is 30.3 Å². The Morgan fingerprint density at radius 2 is 1.96 bits per heavy atom. The van der Waals surface area contributed by atoms with Crippen LogP contribution >= 0.6 is 11.6 Å². The molecule has 24 heavy (non-hydrogen) atoms. The van der Waals surface area contributed by atoms with Crippen LogP contribution in [0.2, 0.25) is 5.02 Å². The summed E-state index contributed by atoms with van der Waals surface area (Å²) in [5.74, 6) is 0.693. The number of anilines is 1. The Morgan fingerprint density at radius 1 is 1.17 bits per heavy atom. The maximum atomic E-state index is 12.2. The lowest BCUT2D eigenvalue weighted by molar-refractivity contribution is -0.122. The molecular weight excluding hydrogens is 326 g/mol. The second kappa shape index (κ2) is 7.19. The highest BCUT2D eigenvalue weighted by atomic mass is 35.5. The van der Waals surface area contributed by atoms with Gasteiger partial charge in [-0.05, 0) is 30.7 Å². The summed E-state index contributed by atoms with van der Waals surface area (Å²) >= 11 is 5.90. The highest BCUT2D eigenvalue weighted by molar-refractivity contribution is 6.30. The first-order chi connectivity index (χ1) is 11.6. The summed E-state index contributed by atoms with van der Waals surface area (Å²) in [4.78, 5) is 12.2. The fourth-order valence-electron chi connectivity index (χ4n) is 2.18. The highest BCUT2D eigenvalue weighted by Crippen LogP contribution is 2.20. The molecule has 5 nitrogen and oxygen atoms in total. The number of hydrogen-bond donors (Lipinski definition) is 2. The number of H-pyrrole nitrogens is 1. The molecule has 1 aromatic heterocycles. The minimum atomic E-state index is -0.680. The number of carbonyl (C=O) groups excluding carboxylic acids is 1. The summed E-state index contributed by atoms with van der Waals surface area (Å²) in [6.07, 6.45) is -0.680. The first kappa shape index (κ1) is 16.1. The molecule has 0 unspecified atom stereocenters. The number of rotatable bonds is 5. The summed E-state index contributed by atoms with van der Waals surface area (Å²) in [6.45, 7) is 1.67. The first-order valence-electron chi connectivity index (χ1n) is 7.46. The summed E-state index contributed by atoms with van der Waals surface area (Å²) < 4.78 is 5.59. The molecule has 122 valence electrons. The average Bonchev–Trinajstić information content (AvgIpc) is 3.04. The second-order valence-corrected chi connectivity index (χ2v) is 5.68. The van der Waals surface area contributed by atoms with Gasteiger partial charge in [0.15, 0.2) is 11.9 Å². The number of aromatic amines is 1. The van der Waals surface area contributed by atoms with Crippen LogP contribution < -0.4 is 10.1 Å². The first-order valence-corrected chi connectivity index (χ1v) is 7.83. The van der Waals surface area contributed by atoms with Crippen molar-refractivity contribution in [3.8, 4) is 17.0 Å². The molecule has 0 spiro atoms. The topological polar surface area (TPSA) is 67.0 Å². The molecule has 0 radical (unpaired) electrons. The van der Waals surface area contributed by atoms with Crippen LogP contribution in [0.4, 0.5) is 5.82 Å². The van der Waals surface area contributed by atoms with Gasteiger partial charge in [0.1, 0.15) is 5.75 Å². The molecule has 1 heterocycles. The van der Waals surface area contributed by atoms with Crippen molar-refractivity contribution in [2.24, 2.45) is 0 Å². The van der Waals surface area contributed by atoms with Crippen molar-refractivity contribution in [2.45, 2.75) is 13.0 Å². The Kier molecular flexibility index (Phi) is 4.82. The minimum absolute atomic E-state index is 0.291. The summed E-state index contributed by atoms with van der Waals surface area (Å²) in [5.41, 5.74) is 1.82. The molecule has 0 bridgehead atoms. The monoisotopic (exact) mass is 341 g/mol. The molecule has 0 aliphatic heterocycles. The van der Waals surface area contributed by atoms with Gasteiger partial charge in [-0.3, -0.25) is 9.89 Å². The lowest BCUT2D eigenvalue weighted by atomic mass is 10.1. The van der Waals surface area contributed by atoms with E-state index in [0.29, 0.717) is 16.6 Å². The van der Waals surface area contributed by atoms with Crippen molar-refractivity contribution in [1.82, 2.24) is 10.2 Å². The van der Waals surface area contributed by atoms with E-state index in [9.17, 15) is 4.79 Å². The van der Waals surface area contributed by atoms with Crippen molar-refractivity contribution in [3.05, 3.63) is 65.7 Å². The zero-order valence-electron chi connectivity index (χ0n) is 13.0. The van der Waals surface area contributed by atoms with Gasteiger partial charge in [-0.2, -0.15) is 5.10 Å². The third kappa shape index (κ3) is 3.94. The van der Waals surface area contributed by atoms with E-state index in [0.717, 1.165) is 11.3 Å². The van der Waals surface area contributed by atoms with E-state index < -0.39 is 6.10 Å². The van der Waals surface area contributed by atoms with E-state index in [1.165, 1.54) is 0 Å². The van der Waals surface area contributed by atoms with Gasteiger partial charge >= 0.3 is 0 Å². The van der Waals surface area contributed by atoms with E-state index in [1.54, 1.807) is 37.3 Å². The van der Waals surface area contributed by atoms with Gasteiger partial charge < -0.3 is 10.1 Å². The number of ether oxygens (including phenoxy) is 1. The van der Waals surface area contributed by atoms with E-state index in [2.05, 4.69) is 15.5 Å². The molecular formula is C18H16ClN3O2. The minimum Gasteiger partial charge on any atom is -0.481 e. The lowest BCUT2D eigenvalue weighted by Crippen LogP contribution is -2.30. The highest BCUT2D eigenvalue weighted by Gasteiger charge is 2.16. The molecule has 0 aliphatic rings. The van der Waals surface area contributed by atoms with E-state index in [4.69, 9.17) is 16.3 Å². The van der Waals surface area contributed by atoms with Gasteiger partial charge in [0, 0.05) is 11.1 Å². The van der Waals surface area contributed by atoms with E-state index >= 15 is 0 Å². The Labute approximate surface area is 144 Å². The zero-order chi connectivity index (χ0) is 16.9. The van der Waals surface area contributed by atoms with Gasteiger partial charge in [-0.25, -0.2) is 0 Å². The predicted octanol–water partition coefficient (Wildman–Crippen LogP) is 4.14. The third-order valence-corrected chi connectivity index (χ3v) is 3.63. The molecule has 0 aliphatic carbocycles. The van der Waals surface area contributed by atoms with Crippen LogP contribution in [0, 0.1) is 0 Å². The summed E-state index contributed by atoms with van der Waals surface area (Å²) in [6, 6.07) is 18.4. The predicted molar refractivity (Wildman–Crippen MR) is 94.2 cm³/mol. The number of halogens is 1. The quantitative estimate of drug-likeness (QED) is 0.733. The molecule has 0 saturated carbocycles. The number of amides is 1. The van der Waals surface area contributed by atoms with Crippen LogP contribution in [0.3, 0.4) is 0 Å². The van der Waals surface area contributed by atoms with Gasteiger partial charge in [0.05, 0.1) is 5.69 Å². The molecule has 3 aromatic rings.